The van der Waals surface area contributed by atoms with Crippen LogP contribution in [-0.4, -0.2) is 18.4 Å². The summed E-state index contributed by atoms with van der Waals surface area (Å²) in [5.41, 5.74) is 2.14. The monoisotopic (exact) mass is 329 g/mol. The summed E-state index contributed by atoms with van der Waals surface area (Å²) in [6.07, 6.45) is 0.615. The van der Waals surface area contributed by atoms with Gasteiger partial charge in [-0.1, -0.05) is 18.5 Å². The summed E-state index contributed by atoms with van der Waals surface area (Å²) in [6.45, 7) is 6.86. The first-order valence-corrected chi connectivity index (χ1v) is 7.34. The van der Waals surface area contributed by atoms with E-state index in [9.17, 15) is 4.79 Å². The number of benzene rings is 1. The normalized spacial score (nSPS) is 24.5. The lowest BCUT2D eigenvalue weighted by atomic mass is 9.90. The number of halogens is 2. The van der Waals surface area contributed by atoms with Gasteiger partial charge in [-0.25, -0.2) is 0 Å². The van der Waals surface area contributed by atoms with Crippen molar-refractivity contribution in [3.05, 3.63) is 27.2 Å². The van der Waals surface area contributed by atoms with Crippen LogP contribution in [0.3, 0.4) is 0 Å². The largest absolute Gasteiger partial charge is 0.367 e. The van der Waals surface area contributed by atoms with Crippen LogP contribution in [0.4, 0.5) is 5.69 Å². The second kappa shape index (κ2) is 5.22. The van der Waals surface area contributed by atoms with Gasteiger partial charge in [-0.05, 0) is 47.5 Å². The molecule has 0 radical (unpaired) electrons. The first kappa shape index (κ1) is 13.9. The van der Waals surface area contributed by atoms with Crippen molar-refractivity contribution in [1.29, 1.82) is 0 Å². The maximum Gasteiger partial charge on any atom is 0.139 e. The van der Waals surface area contributed by atoms with Gasteiger partial charge >= 0.3 is 0 Å². The van der Waals surface area contributed by atoms with E-state index in [0.717, 1.165) is 27.3 Å². The Hall–Kier alpha value is -0.540. The molecular weight excluding hydrogens is 314 g/mol. The van der Waals surface area contributed by atoms with Crippen LogP contribution in [0.2, 0.25) is 5.02 Å². The Kier molecular flexibility index (Phi) is 4.02. The molecule has 0 spiro atoms. The molecule has 0 aliphatic carbocycles. The number of rotatable bonds is 1. The molecule has 1 heterocycles. The summed E-state index contributed by atoms with van der Waals surface area (Å²) in [6, 6.07) is 4.23. The number of piperidine rings is 1. The van der Waals surface area contributed by atoms with Crippen molar-refractivity contribution in [3.8, 4) is 0 Å². The molecule has 0 aromatic heterocycles. The predicted octanol–water partition coefficient (Wildman–Crippen LogP) is 4.21. The SMILES string of the molecule is Cc1cc(Br)c(N2CCC(=O)C(C)C2C)cc1Cl. The van der Waals surface area contributed by atoms with Crippen molar-refractivity contribution in [2.24, 2.45) is 5.92 Å². The lowest BCUT2D eigenvalue weighted by molar-refractivity contribution is -0.123. The maximum absolute atomic E-state index is 11.7. The number of carbonyl (C=O) groups is 1. The number of Topliss-reactive ketones (excluding diaryl/α,β-unsaturated/α-hetero) is 1. The highest BCUT2D eigenvalue weighted by atomic mass is 79.9. The number of hydrogen-bond donors (Lipinski definition) is 0. The van der Waals surface area contributed by atoms with Crippen LogP contribution in [0.5, 0.6) is 0 Å². The molecule has 2 nitrogen and oxygen atoms in total. The standard InChI is InChI=1S/C14H17BrClNO/c1-8-6-11(15)13(7-12(8)16)17-5-4-14(18)9(2)10(17)3/h6-7,9-10H,4-5H2,1-3H3. The van der Waals surface area contributed by atoms with Crippen LogP contribution in [0.1, 0.15) is 25.8 Å². The van der Waals surface area contributed by atoms with Gasteiger partial charge < -0.3 is 4.90 Å². The van der Waals surface area contributed by atoms with E-state index < -0.39 is 0 Å². The van der Waals surface area contributed by atoms with Crippen molar-refractivity contribution >= 4 is 39.0 Å². The Morgan fingerprint density at radius 1 is 1.39 bits per heavy atom. The number of hydrogen-bond acceptors (Lipinski definition) is 2. The highest BCUT2D eigenvalue weighted by Gasteiger charge is 2.31. The van der Waals surface area contributed by atoms with E-state index in [1.165, 1.54) is 0 Å². The highest BCUT2D eigenvalue weighted by molar-refractivity contribution is 9.10. The van der Waals surface area contributed by atoms with Crippen molar-refractivity contribution < 1.29 is 4.79 Å². The average molecular weight is 331 g/mol. The van der Waals surface area contributed by atoms with Crippen molar-refractivity contribution in [1.82, 2.24) is 0 Å². The minimum absolute atomic E-state index is 0.0747. The molecule has 98 valence electrons. The third-order valence-corrected chi connectivity index (χ3v) is 4.90. The Morgan fingerprint density at radius 2 is 2.06 bits per heavy atom. The van der Waals surface area contributed by atoms with Gasteiger partial charge in [0.1, 0.15) is 5.78 Å². The van der Waals surface area contributed by atoms with E-state index in [-0.39, 0.29) is 12.0 Å². The second-order valence-corrected chi connectivity index (χ2v) is 6.25. The predicted molar refractivity (Wildman–Crippen MR) is 79.5 cm³/mol. The summed E-state index contributed by atoms with van der Waals surface area (Å²) < 4.78 is 1.04. The zero-order valence-electron chi connectivity index (χ0n) is 10.8. The maximum atomic E-state index is 11.7. The van der Waals surface area contributed by atoms with Crippen LogP contribution in [0.15, 0.2) is 16.6 Å². The molecule has 1 saturated heterocycles. The molecule has 0 bridgehead atoms. The zero-order chi connectivity index (χ0) is 13.4. The van der Waals surface area contributed by atoms with E-state index in [4.69, 9.17) is 11.6 Å². The Morgan fingerprint density at radius 3 is 2.72 bits per heavy atom. The third-order valence-electron chi connectivity index (χ3n) is 3.86. The van der Waals surface area contributed by atoms with Gasteiger partial charge in [0.2, 0.25) is 0 Å². The lowest BCUT2D eigenvalue weighted by Crippen LogP contribution is -2.47. The van der Waals surface area contributed by atoms with E-state index in [1.54, 1.807) is 0 Å². The Bertz CT molecular complexity index is 489. The van der Waals surface area contributed by atoms with E-state index in [2.05, 4.69) is 27.8 Å². The quantitative estimate of drug-likeness (QED) is 0.768. The molecule has 1 aromatic carbocycles. The van der Waals surface area contributed by atoms with Crippen LogP contribution < -0.4 is 4.90 Å². The molecule has 0 N–H and O–H groups in total. The molecule has 1 aliphatic heterocycles. The number of carbonyl (C=O) groups excluding carboxylic acids is 1. The number of aryl methyl sites for hydroxylation is 1. The van der Waals surface area contributed by atoms with Crippen LogP contribution >= 0.6 is 27.5 Å². The van der Waals surface area contributed by atoms with Gasteiger partial charge in [0, 0.05) is 34.4 Å². The van der Waals surface area contributed by atoms with Gasteiger partial charge in [0.05, 0.1) is 5.69 Å². The number of anilines is 1. The molecule has 1 fully saturated rings. The highest BCUT2D eigenvalue weighted by Crippen LogP contribution is 2.35. The molecule has 4 heteroatoms. The van der Waals surface area contributed by atoms with Crippen LogP contribution in [0.25, 0.3) is 0 Å². The summed E-state index contributed by atoms with van der Waals surface area (Å²) in [5, 5.41) is 0.768. The van der Waals surface area contributed by atoms with Gasteiger partial charge in [0.25, 0.3) is 0 Å². The molecule has 2 atom stereocenters. The minimum Gasteiger partial charge on any atom is -0.367 e. The molecule has 2 unspecified atom stereocenters. The van der Waals surface area contributed by atoms with Crippen molar-refractivity contribution in [2.45, 2.75) is 33.2 Å². The summed E-state index contributed by atoms with van der Waals surface area (Å²) in [7, 11) is 0. The lowest BCUT2D eigenvalue weighted by Gasteiger charge is -2.39. The van der Waals surface area contributed by atoms with E-state index in [0.29, 0.717) is 12.2 Å². The molecular formula is C14H17BrClNO. The molecule has 2 rings (SSSR count). The molecule has 1 aliphatic rings. The van der Waals surface area contributed by atoms with Crippen LogP contribution in [-0.2, 0) is 4.79 Å². The average Bonchev–Trinajstić information content (AvgIpc) is 2.32. The first-order chi connectivity index (χ1) is 8.41. The number of nitrogens with zero attached hydrogens (tertiary/aromatic N) is 1. The third kappa shape index (κ3) is 2.43. The van der Waals surface area contributed by atoms with E-state index >= 15 is 0 Å². The van der Waals surface area contributed by atoms with Gasteiger partial charge in [-0.15, -0.1) is 0 Å². The summed E-state index contributed by atoms with van der Waals surface area (Å²) in [4.78, 5) is 14.0. The fourth-order valence-electron chi connectivity index (χ4n) is 2.40. The molecule has 0 saturated carbocycles. The van der Waals surface area contributed by atoms with Gasteiger partial charge in [0.15, 0.2) is 0 Å². The minimum atomic E-state index is 0.0747. The summed E-state index contributed by atoms with van der Waals surface area (Å²) in [5.74, 6) is 0.429. The van der Waals surface area contributed by atoms with Gasteiger partial charge in [-0.2, -0.15) is 0 Å². The fraction of sp³-hybridized carbons (Fsp3) is 0.500. The van der Waals surface area contributed by atoms with Crippen LogP contribution in [0, 0.1) is 12.8 Å². The topological polar surface area (TPSA) is 20.3 Å². The molecule has 0 amide bonds. The molecule has 18 heavy (non-hydrogen) atoms. The Balaban J connectivity index is 2.37. The summed E-state index contributed by atoms with van der Waals surface area (Å²) >= 11 is 9.80. The first-order valence-electron chi connectivity index (χ1n) is 6.17. The van der Waals surface area contributed by atoms with Crippen molar-refractivity contribution in [2.75, 3.05) is 11.4 Å². The van der Waals surface area contributed by atoms with Gasteiger partial charge in [-0.3, -0.25) is 4.79 Å². The number of ketones is 1. The second-order valence-electron chi connectivity index (χ2n) is 4.99. The molecule has 1 aromatic rings. The fourth-order valence-corrected chi connectivity index (χ4v) is 3.24. The zero-order valence-corrected chi connectivity index (χ0v) is 13.2. The smallest absolute Gasteiger partial charge is 0.139 e. The van der Waals surface area contributed by atoms with Crippen molar-refractivity contribution in [3.63, 3.8) is 0 Å². The van der Waals surface area contributed by atoms with E-state index in [1.807, 2.05) is 26.0 Å². The Labute approximate surface area is 121 Å².